The first-order valence-corrected chi connectivity index (χ1v) is 8.26. The van der Waals surface area contributed by atoms with E-state index in [1.807, 2.05) is 23.1 Å². The van der Waals surface area contributed by atoms with Crippen molar-refractivity contribution in [1.82, 2.24) is 9.80 Å². The van der Waals surface area contributed by atoms with Gasteiger partial charge in [0.05, 0.1) is 12.8 Å². The van der Waals surface area contributed by atoms with Crippen LogP contribution < -0.4 is 0 Å². The van der Waals surface area contributed by atoms with E-state index in [1.165, 1.54) is 18.1 Å². The lowest BCUT2D eigenvalue weighted by Gasteiger charge is -2.29. The molecule has 0 saturated carbocycles. The molecule has 3 rings (SSSR count). The second-order valence-corrected chi connectivity index (χ2v) is 6.10. The Bertz CT molecular complexity index is 709. The second kappa shape index (κ2) is 7.34. The first kappa shape index (κ1) is 16.3. The molecule has 0 unspecified atom stereocenters. The summed E-state index contributed by atoms with van der Waals surface area (Å²) in [7, 11) is 0. The third-order valence-corrected chi connectivity index (χ3v) is 4.45. The van der Waals surface area contributed by atoms with Crippen LogP contribution in [0.2, 0.25) is 0 Å². The summed E-state index contributed by atoms with van der Waals surface area (Å²) < 4.78 is 5.29. The zero-order chi connectivity index (χ0) is 16.9. The second-order valence-electron chi connectivity index (χ2n) is 6.10. The first-order chi connectivity index (χ1) is 11.6. The van der Waals surface area contributed by atoms with Gasteiger partial charge in [0.15, 0.2) is 0 Å². The number of nitrogens with zero attached hydrogens (tertiary/aromatic N) is 2. The van der Waals surface area contributed by atoms with Gasteiger partial charge in [-0.1, -0.05) is 24.3 Å². The smallest absolute Gasteiger partial charge is 0.224 e. The largest absolute Gasteiger partial charge is 0.467 e. The molecule has 0 atom stereocenters. The van der Waals surface area contributed by atoms with E-state index in [2.05, 4.69) is 12.1 Å². The van der Waals surface area contributed by atoms with Crippen LogP contribution in [0, 0.1) is 0 Å². The van der Waals surface area contributed by atoms with Crippen molar-refractivity contribution in [2.24, 2.45) is 0 Å². The van der Waals surface area contributed by atoms with Crippen LogP contribution in [-0.4, -0.2) is 34.7 Å². The molecule has 2 amide bonds. The monoisotopic (exact) mass is 326 g/mol. The minimum atomic E-state index is -0.0526. The molecule has 0 saturated heterocycles. The Kier molecular flexibility index (Phi) is 4.99. The Balaban J connectivity index is 1.55. The molecule has 0 fully saturated rings. The van der Waals surface area contributed by atoms with Gasteiger partial charge in [0.1, 0.15) is 5.76 Å². The highest BCUT2D eigenvalue weighted by Crippen LogP contribution is 2.19. The van der Waals surface area contributed by atoms with Gasteiger partial charge in [0.25, 0.3) is 0 Å². The maximum absolute atomic E-state index is 12.5. The number of hydrogen-bond acceptors (Lipinski definition) is 3. The predicted molar refractivity (Wildman–Crippen MR) is 90.0 cm³/mol. The molecule has 1 aromatic carbocycles. The van der Waals surface area contributed by atoms with Gasteiger partial charge in [-0.15, -0.1) is 0 Å². The number of fused-ring (bicyclic) bond motifs is 1. The van der Waals surface area contributed by atoms with Crippen molar-refractivity contribution in [2.45, 2.75) is 32.9 Å². The van der Waals surface area contributed by atoms with Crippen LogP contribution in [0.3, 0.4) is 0 Å². The van der Waals surface area contributed by atoms with Crippen LogP contribution in [-0.2, 0) is 29.1 Å². The summed E-state index contributed by atoms with van der Waals surface area (Å²) in [6, 6.07) is 11.9. The van der Waals surface area contributed by atoms with Gasteiger partial charge in [-0.2, -0.15) is 0 Å². The number of hydrogen-bond donors (Lipinski definition) is 0. The van der Waals surface area contributed by atoms with Crippen LogP contribution in [0.4, 0.5) is 0 Å². The molecule has 2 heterocycles. The maximum Gasteiger partial charge on any atom is 0.224 e. The number of amides is 2. The molecule has 126 valence electrons. The van der Waals surface area contributed by atoms with Crippen LogP contribution in [0.25, 0.3) is 0 Å². The molecule has 24 heavy (non-hydrogen) atoms. The minimum Gasteiger partial charge on any atom is -0.467 e. The van der Waals surface area contributed by atoms with Crippen LogP contribution in [0.15, 0.2) is 47.1 Å². The molecule has 1 aliphatic rings. The standard InChI is InChI=1S/C19H22N2O3/c1-15(22)20(14-18-7-4-12-24-18)11-9-19(23)21-10-8-16-5-2-3-6-17(16)13-21/h2-7,12H,8-11,13-14H2,1H3. The van der Waals surface area contributed by atoms with Crippen molar-refractivity contribution in [1.29, 1.82) is 0 Å². The fourth-order valence-corrected chi connectivity index (χ4v) is 3.04. The lowest BCUT2D eigenvalue weighted by molar-refractivity contribution is -0.134. The molecule has 5 nitrogen and oxygen atoms in total. The summed E-state index contributed by atoms with van der Waals surface area (Å²) >= 11 is 0. The summed E-state index contributed by atoms with van der Waals surface area (Å²) in [5, 5.41) is 0. The van der Waals surface area contributed by atoms with E-state index in [9.17, 15) is 9.59 Å². The van der Waals surface area contributed by atoms with Crippen molar-refractivity contribution >= 4 is 11.8 Å². The third-order valence-electron chi connectivity index (χ3n) is 4.45. The zero-order valence-electron chi connectivity index (χ0n) is 13.9. The normalized spacial score (nSPS) is 13.5. The van der Waals surface area contributed by atoms with E-state index in [-0.39, 0.29) is 11.8 Å². The summed E-state index contributed by atoms with van der Waals surface area (Å²) in [6.07, 6.45) is 2.82. The van der Waals surface area contributed by atoms with E-state index < -0.39 is 0 Å². The number of carbonyl (C=O) groups is 2. The highest BCUT2D eigenvalue weighted by molar-refractivity contribution is 5.78. The topological polar surface area (TPSA) is 53.8 Å². The Morgan fingerprint density at radius 3 is 2.67 bits per heavy atom. The van der Waals surface area contributed by atoms with Gasteiger partial charge < -0.3 is 14.2 Å². The quantitative estimate of drug-likeness (QED) is 0.849. The van der Waals surface area contributed by atoms with E-state index in [4.69, 9.17) is 4.42 Å². The predicted octanol–water partition coefficient (Wildman–Crippen LogP) is 2.60. The first-order valence-electron chi connectivity index (χ1n) is 8.26. The molecule has 0 N–H and O–H groups in total. The molecule has 1 aromatic heterocycles. The Labute approximate surface area is 141 Å². The number of furan rings is 1. The highest BCUT2D eigenvalue weighted by atomic mass is 16.3. The van der Waals surface area contributed by atoms with Gasteiger partial charge >= 0.3 is 0 Å². The molecule has 0 spiro atoms. The van der Waals surface area contributed by atoms with Crippen LogP contribution in [0.5, 0.6) is 0 Å². The Morgan fingerprint density at radius 2 is 1.96 bits per heavy atom. The zero-order valence-corrected chi connectivity index (χ0v) is 13.9. The molecule has 1 aliphatic heterocycles. The molecular weight excluding hydrogens is 304 g/mol. The van der Waals surface area contributed by atoms with E-state index in [0.29, 0.717) is 26.1 Å². The van der Waals surface area contributed by atoms with Crippen molar-refractivity contribution in [3.63, 3.8) is 0 Å². The minimum absolute atomic E-state index is 0.0526. The fourth-order valence-electron chi connectivity index (χ4n) is 3.04. The van der Waals surface area contributed by atoms with Gasteiger partial charge in [0.2, 0.25) is 11.8 Å². The van der Waals surface area contributed by atoms with E-state index in [0.717, 1.165) is 18.7 Å². The SMILES string of the molecule is CC(=O)N(CCC(=O)N1CCc2ccccc2C1)Cc1ccco1. The summed E-state index contributed by atoms with van der Waals surface area (Å²) in [5.41, 5.74) is 2.54. The average Bonchev–Trinajstić information content (AvgIpc) is 3.10. The summed E-state index contributed by atoms with van der Waals surface area (Å²) in [5.74, 6) is 0.767. The summed E-state index contributed by atoms with van der Waals surface area (Å²) in [6.45, 7) is 3.73. The van der Waals surface area contributed by atoms with Crippen molar-refractivity contribution in [2.75, 3.05) is 13.1 Å². The van der Waals surface area contributed by atoms with Crippen molar-refractivity contribution in [3.05, 3.63) is 59.5 Å². The molecule has 0 bridgehead atoms. The third kappa shape index (κ3) is 3.85. The molecular formula is C19H22N2O3. The van der Waals surface area contributed by atoms with Crippen molar-refractivity contribution < 1.29 is 14.0 Å². The van der Waals surface area contributed by atoms with Gasteiger partial charge in [-0.3, -0.25) is 9.59 Å². The average molecular weight is 326 g/mol. The van der Waals surface area contributed by atoms with Gasteiger partial charge in [-0.25, -0.2) is 0 Å². The highest BCUT2D eigenvalue weighted by Gasteiger charge is 2.21. The van der Waals surface area contributed by atoms with E-state index in [1.54, 1.807) is 17.2 Å². The van der Waals surface area contributed by atoms with Gasteiger partial charge in [0, 0.05) is 33.0 Å². The lowest BCUT2D eigenvalue weighted by atomic mass is 10.00. The number of benzene rings is 1. The number of rotatable bonds is 5. The van der Waals surface area contributed by atoms with Crippen LogP contribution in [0.1, 0.15) is 30.2 Å². The Morgan fingerprint density at radius 1 is 1.17 bits per heavy atom. The Hall–Kier alpha value is -2.56. The molecule has 5 heteroatoms. The molecule has 2 aromatic rings. The molecule has 0 radical (unpaired) electrons. The lowest BCUT2D eigenvalue weighted by Crippen LogP contribution is -2.38. The fraction of sp³-hybridized carbons (Fsp3) is 0.368. The number of carbonyl (C=O) groups excluding carboxylic acids is 2. The van der Waals surface area contributed by atoms with E-state index >= 15 is 0 Å². The van der Waals surface area contributed by atoms with Crippen molar-refractivity contribution in [3.8, 4) is 0 Å². The van der Waals surface area contributed by atoms with Gasteiger partial charge in [-0.05, 0) is 29.7 Å². The van der Waals surface area contributed by atoms with Crippen LogP contribution >= 0.6 is 0 Å². The molecule has 0 aliphatic carbocycles. The maximum atomic E-state index is 12.5. The summed E-state index contributed by atoms with van der Waals surface area (Å²) in [4.78, 5) is 27.8.